The number of nitrogens with two attached hydrogens (primary N) is 1. The first-order valence-electron chi connectivity index (χ1n) is 12.4. The molecule has 9 nitrogen and oxygen atoms in total. The van der Waals surface area contributed by atoms with Gasteiger partial charge in [0.15, 0.2) is 16.9 Å². The van der Waals surface area contributed by atoms with Gasteiger partial charge >= 0.3 is 5.69 Å². The standard InChI is InChI=1S/C27H29BrN6O3/c1-32-24-23(25(36)34(27(32)37)16-22(35)17-9-3-2-4-10-17)33(15-18-11-5-6-12-19(18)28)26(31-24)30-21-14-8-7-13-20(21)29/h2-6,9-12,20-21H,7-8,13-16,29H2,1H3,(H,30,31)/t20-,21-/m0/s1. The number of rotatable bonds is 7. The fourth-order valence-corrected chi connectivity index (χ4v) is 5.35. The van der Waals surface area contributed by atoms with Gasteiger partial charge in [-0.2, -0.15) is 4.98 Å². The highest BCUT2D eigenvalue weighted by Crippen LogP contribution is 2.25. The van der Waals surface area contributed by atoms with Crippen molar-refractivity contribution in [2.45, 2.75) is 50.9 Å². The van der Waals surface area contributed by atoms with Crippen molar-refractivity contribution < 1.29 is 4.79 Å². The van der Waals surface area contributed by atoms with Gasteiger partial charge in [-0.15, -0.1) is 0 Å². The second kappa shape index (κ2) is 10.5. The summed E-state index contributed by atoms with van der Waals surface area (Å²) in [6.45, 7) is -0.0236. The fraction of sp³-hybridized carbons (Fsp3) is 0.333. The maximum absolute atomic E-state index is 13.8. The van der Waals surface area contributed by atoms with Crippen LogP contribution in [-0.2, 0) is 20.1 Å². The zero-order valence-electron chi connectivity index (χ0n) is 20.6. The molecule has 5 rings (SSSR count). The zero-order chi connectivity index (χ0) is 26.1. The topological polar surface area (TPSA) is 117 Å². The van der Waals surface area contributed by atoms with E-state index in [0.29, 0.717) is 18.1 Å². The van der Waals surface area contributed by atoms with Gasteiger partial charge in [0.2, 0.25) is 5.95 Å². The number of imidazole rings is 1. The largest absolute Gasteiger partial charge is 0.351 e. The van der Waals surface area contributed by atoms with Crippen LogP contribution in [0.4, 0.5) is 5.95 Å². The molecule has 37 heavy (non-hydrogen) atoms. The number of aromatic nitrogens is 4. The molecule has 1 aliphatic carbocycles. The van der Waals surface area contributed by atoms with Crippen LogP contribution in [0, 0.1) is 0 Å². The number of nitrogens with one attached hydrogen (secondary N) is 1. The summed E-state index contributed by atoms with van der Waals surface area (Å²) >= 11 is 3.60. The molecule has 2 aromatic carbocycles. The summed E-state index contributed by atoms with van der Waals surface area (Å²) in [6, 6.07) is 16.4. The number of benzene rings is 2. The quantitative estimate of drug-likeness (QED) is 0.333. The Balaban J connectivity index is 1.66. The van der Waals surface area contributed by atoms with E-state index >= 15 is 0 Å². The van der Waals surface area contributed by atoms with Crippen molar-refractivity contribution in [2.24, 2.45) is 12.8 Å². The summed E-state index contributed by atoms with van der Waals surface area (Å²) in [7, 11) is 1.57. The Labute approximate surface area is 222 Å². The molecule has 10 heteroatoms. The van der Waals surface area contributed by atoms with Gasteiger partial charge in [-0.05, 0) is 24.5 Å². The molecule has 0 bridgehead atoms. The molecule has 0 unspecified atom stereocenters. The average molecular weight is 565 g/mol. The van der Waals surface area contributed by atoms with Gasteiger partial charge in [0.1, 0.15) is 0 Å². The molecule has 1 aliphatic rings. The lowest BCUT2D eigenvalue weighted by Gasteiger charge is -2.29. The third kappa shape index (κ3) is 4.91. The van der Waals surface area contributed by atoms with Crippen molar-refractivity contribution in [1.82, 2.24) is 18.7 Å². The van der Waals surface area contributed by atoms with E-state index in [-0.39, 0.29) is 35.6 Å². The van der Waals surface area contributed by atoms with Gasteiger partial charge in [-0.3, -0.25) is 23.3 Å². The number of Topliss-reactive ketones (excluding diaryl/α,β-unsaturated/α-hetero) is 1. The molecule has 0 spiro atoms. The second-order valence-corrected chi connectivity index (χ2v) is 10.4. The number of ketones is 1. The minimum Gasteiger partial charge on any atom is -0.351 e. The first kappa shape index (κ1) is 25.2. The van der Waals surface area contributed by atoms with Crippen LogP contribution in [0.2, 0.25) is 0 Å². The molecular formula is C27H29BrN6O3. The maximum Gasteiger partial charge on any atom is 0.332 e. The lowest BCUT2D eigenvalue weighted by atomic mass is 9.91. The van der Waals surface area contributed by atoms with Crippen LogP contribution >= 0.6 is 15.9 Å². The van der Waals surface area contributed by atoms with E-state index in [0.717, 1.165) is 40.3 Å². The normalized spacial score (nSPS) is 17.7. The van der Waals surface area contributed by atoms with Gasteiger partial charge in [-0.25, -0.2) is 4.79 Å². The monoisotopic (exact) mass is 564 g/mol. The van der Waals surface area contributed by atoms with E-state index in [4.69, 9.17) is 10.7 Å². The van der Waals surface area contributed by atoms with Gasteiger partial charge in [0.05, 0.1) is 13.1 Å². The van der Waals surface area contributed by atoms with E-state index in [1.54, 1.807) is 41.9 Å². The van der Waals surface area contributed by atoms with Crippen molar-refractivity contribution in [3.8, 4) is 0 Å². The number of aryl methyl sites for hydroxylation is 1. The third-order valence-electron chi connectivity index (χ3n) is 7.05. The van der Waals surface area contributed by atoms with Crippen LogP contribution in [0.15, 0.2) is 68.7 Å². The predicted octanol–water partition coefficient (Wildman–Crippen LogP) is 3.27. The molecule has 1 fully saturated rings. The minimum atomic E-state index is -0.590. The van der Waals surface area contributed by atoms with E-state index in [2.05, 4.69) is 21.2 Å². The fourth-order valence-electron chi connectivity index (χ4n) is 4.94. The highest BCUT2D eigenvalue weighted by molar-refractivity contribution is 9.10. The Kier molecular flexibility index (Phi) is 7.12. The van der Waals surface area contributed by atoms with Crippen LogP contribution in [0.25, 0.3) is 11.2 Å². The van der Waals surface area contributed by atoms with Gasteiger partial charge < -0.3 is 11.1 Å². The van der Waals surface area contributed by atoms with Gasteiger partial charge in [-0.1, -0.05) is 77.3 Å². The summed E-state index contributed by atoms with van der Waals surface area (Å²) < 4.78 is 5.01. The molecule has 2 aromatic heterocycles. The molecule has 0 radical (unpaired) electrons. The number of hydrogen-bond acceptors (Lipinski definition) is 6. The molecule has 0 aliphatic heterocycles. The molecule has 3 N–H and O–H groups in total. The number of anilines is 1. The molecule has 4 aromatic rings. The summed E-state index contributed by atoms with van der Waals surface area (Å²) in [5, 5.41) is 3.47. The van der Waals surface area contributed by atoms with Gasteiger partial charge in [0, 0.05) is 29.2 Å². The molecule has 1 saturated carbocycles. The van der Waals surface area contributed by atoms with Crippen LogP contribution in [-0.4, -0.2) is 36.6 Å². The highest BCUT2D eigenvalue weighted by atomic mass is 79.9. The number of hydrogen-bond donors (Lipinski definition) is 2. The third-order valence-corrected chi connectivity index (χ3v) is 7.82. The summed E-state index contributed by atoms with van der Waals surface area (Å²) in [6.07, 6.45) is 3.95. The lowest BCUT2D eigenvalue weighted by molar-refractivity contribution is 0.0969. The zero-order valence-corrected chi connectivity index (χ0v) is 22.1. The minimum absolute atomic E-state index is 0.00226. The van der Waals surface area contributed by atoms with Crippen LogP contribution < -0.4 is 22.3 Å². The number of carbonyl (C=O) groups is 1. The molecule has 2 atom stereocenters. The van der Waals surface area contributed by atoms with Crippen LogP contribution in [0.5, 0.6) is 0 Å². The smallest absolute Gasteiger partial charge is 0.332 e. The van der Waals surface area contributed by atoms with E-state index in [1.807, 2.05) is 24.3 Å². The van der Waals surface area contributed by atoms with Crippen molar-refractivity contribution in [3.63, 3.8) is 0 Å². The SMILES string of the molecule is Cn1c(=O)n(CC(=O)c2ccccc2)c(=O)c2c1nc(N[C@H]1CCCC[C@@H]1N)n2Cc1ccccc1Br. The van der Waals surface area contributed by atoms with E-state index < -0.39 is 11.2 Å². The Morgan fingerprint density at radius 2 is 1.76 bits per heavy atom. The predicted molar refractivity (Wildman–Crippen MR) is 147 cm³/mol. The van der Waals surface area contributed by atoms with Crippen molar-refractivity contribution in [1.29, 1.82) is 0 Å². The molecular weight excluding hydrogens is 536 g/mol. The maximum atomic E-state index is 13.8. The summed E-state index contributed by atoms with van der Waals surface area (Å²) in [4.78, 5) is 44.7. The van der Waals surface area contributed by atoms with Crippen molar-refractivity contribution in [3.05, 3.63) is 91.0 Å². The first-order chi connectivity index (χ1) is 17.8. The molecule has 192 valence electrons. The molecule has 2 heterocycles. The second-order valence-electron chi connectivity index (χ2n) is 9.51. The van der Waals surface area contributed by atoms with Crippen LogP contribution in [0.3, 0.4) is 0 Å². The Morgan fingerprint density at radius 1 is 1.05 bits per heavy atom. The lowest BCUT2D eigenvalue weighted by Crippen LogP contribution is -2.43. The molecule has 0 saturated heterocycles. The Bertz CT molecular complexity index is 1570. The van der Waals surface area contributed by atoms with Crippen molar-refractivity contribution in [2.75, 3.05) is 5.32 Å². The van der Waals surface area contributed by atoms with E-state index in [9.17, 15) is 14.4 Å². The number of fused-ring (bicyclic) bond motifs is 1. The average Bonchev–Trinajstić information content (AvgIpc) is 3.26. The van der Waals surface area contributed by atoms with Crippen molar-refractivity contribution >= 4 is 38.8 Å². The Morgan fingerprint density at radius 3 is 2.49 bits per heavy atom. The number of carbonyl (C=O) groups excluding carboxylic acids is 1. The highest BCUT2D eigenvalue weighted by Gasteiger charge is 2.27. The Hall–Kier alpha value is -3.50. The van der Waals surface area contributed by atoms with E-state index in [1.165, 1.54) is 4.57 Å². The summed E-state index contributed by atoms with van der Waals surface area (Å²) in [5.74, 6) is 0.162. The number of halogens is 1. The van der Waals surface area contributed by atoms with Gasteiger partial charge in [0.25, 0.3) is 5.56 Å². The number of nitrogens with zero attached hydrogens (tertiary/aromatic N) is 4. The molecule has 0 amide bonds. The summed E-state index contributed by atoms with van der Waals surface area (Å²) in [5.41, 5.74) is 7.15. The van der Waals surface area contributed by atoms with Crippen LogP contribution in [0.1, 0.15) is 41.6 Å². The first-order valence-corrected chi connectivity index (χ1v) is 13.2.